The molecule has 0 radical (unpaired) electrons. The normalized spacial score (nSPS) is 11.8. The smallest absolute Gasteiger partial charge is 0.191 e. The van der Waals surface area contributed by atoms with Gasteiger partial charge >= 0.3 is 0 Å². The van der Waals surface area contributed by atoms with Crippen LogP contribution in [-0.2, 0) is 17.7 Å². The number of ether oxygens (including phenoxy) is 1. The Morgan fingerprint density at radius 2 is 1.91 bits per heavy atom. The second-order valence-corrected chi connectivity index (χ2v) is 5.62. The van der Waals surface area contributed by atoms with Crippen molar-refractivity contribution >= 4 is 5.96 Å². The number of guanidine groups is 1. The van der Waals surface area contributed by atoms with Gasteiger partial charge in [0.25, 0.3) is 0 Å². The first-order chi connectivity index (χ1) is 11.2. The van der Waals surface area contributed by atoms with Gasteiger partial charge in [-0.05, 0) is 31.0 Å². The maximum absolute atomic E-state index is 5.07. The van der Waals surface area contributed by atoms with Crippen LogP contribution in [0.4, 0.5) is 0 Å². The Kier molecular flexibility index (Phi) is 10.1. The van der Waals surface area contributed by atoms with Crippen LogP contribution in [0.1, 0.15) is 24.5 Å². The van der Waals surface area contributed by atoms with Crippen molar-refractivity contribution in [2.45, 2.75) is 26.3 Å². The number of hydrogen-bond donors (Lipinski definition) is 2. The predicted octanol–water partition coefficient (Wildman–Crippen LogP) is 1.88. The van der Waals surface area contributed by atoms with E-state index in [2.05, 4.69) is 58.8 Å². The first kappa shape index (κ1) is 19.5. The molecule has 130 valence electrons. The average molecular weight is 320 g/mol. The maximum atomic E-state index is 5.07. The molecule has 0 saturated carbocycles. The first-order valence-electron chi connectivity index (χ1n) is 8.40. The molecule has 0 aliphatic heterocycles. The minimum absolute atomic E-state index is 0.799. The lowest BCUT2D eigenvalue weighted by molar-refractivity contribution is 0.180. The summed E-state index contributed by atoms with van der Waals surface area (Å²) in [4.78, 5) is 6.58. The van der Waals surface area contributed by atoms with Gasteiger partial charge in [0.2, 0.25) is 0 Å². The summed E-state index contributed by atoms with van der Waals surface area (Å²) in [6, 6.07) is 8.53. The van der Waals surface area contributed by atoms with E-state index in [-0.39, 0.29) is 0 Å². The van der Waals surface area contributed by atoms with Crippen molar-refractivity contribution in [1.29, 1.82) is 0 Å². The summed E-state index contributed by atoms with van der Waals surface area (Å²) in [6.45, 7) is 6.70. The van der Waals surface area contributed by atoms with E-state index < -0.39 is 0 Å². The summed E-state index contributed by atoms with van der Waals surface area (Å²) in [5, 5.41) is 6.75. The number of aliphatic imine (C=N–C) groups is 1. The molecule has 23 heavy (non-hydrogen) atoms. The molecule has 0 spiro atoms. The molecule has 0 heterocycles. The monoisotopic (exact) mass is 320 g/mol. The van der Waals surface area contributed by atoms with Crippen LogP contribution in [-0.4, -0.2) is 58.3 Å². The quantitative estimate of drug-likeness (QED) is 0.393. The fourth-order valence-electron chi connectivity index (χ4n) is 2.43. The van der Waals surface area contributed by atoms with E-state index in [0.717, 1.165) is 51.6 Å². The molecule has 0 unspecified atom stereocenters. The summed E-state index contributed by atoms with van der Waals surface area (Å²) >= 11 is 0. The van der Waals surface area contributed by atoms with Crippen LogP contribution in [0.2, 0.25) is 0 Å². The number of aryl methyl sites for hydroxylation is 1. The van der Waals surface area contributed by atoms with Gasteiger partial charge in [-0.2, -0.15) is 0 Å². The Bertz CT molecular complexity index is 462. The fraction of sp³-hybridized carbons (Fsp3) is 0.611. The van der Waals surface area contributed by atoms with E-state index in [1.165, 1.54) is 11.1 Å². The highest BCUT2D eigenvalue weighted by atomic mass is 16.5. The van der Waals surface area contributed by atoms with Crippen molar-refractivity contribution < 1.29 is 4.74 Å². The van der Waals surface area contributed by atoms with Gasteiger partial charge in [-0.25, -0.2) is 0 Å². The molecule has 0 fully saturated rings. The summed E-state index contributed by atoms with van der Waals surface area (Å²) in [6.07, 6.45) is 2.12. The largest absolute Gasteiger partial charge is 0.385 e. The van der Waals surface area contributed by atoms with Crippen LogP contribution in [0, 0.1) is 0 Å². The third kappa shape index (κ3) is 8.00. The highest BCUT2D eigenvalue weighted by Gasteiger charge is 2.03. The molecule has 5 heteroatoms. The predicted molar refractivity (Wildman–Crippen MR) is 98.0 cm³/mol. The Labute approximate surface area is 141 Å². The molecule has 0 bridgehead atoms. The van der Waals surface area contributed by atoms with Crippen molar-refractivity contribution in [2.24, 2.45) is 4.99 Å². The Balaban J connectivity index is 2.29. The maximum Gasteiger partial charge on any atom is 0.191 e. The number of rotatable bonds is 10. The molecule has 0 aliphatic rings. The van der Waals surface area contributed by atoms with Crippen molar-refractivity contribution in [3.05, 3.63) is 35.4 Å². The van der Waals surface area contributed by atoms with Crippen LogP contribution in [0.25, 0.3) is 0 Å². The fourth-order valence-corrected chi connectivity index (χ4v) is 2.43. The SMILES string of the molecule is CCc1ccccc1CNC(=NC)NCCN(C)CCCOC. The lowest BCUT2D eigenvalue weighted by atomic mass is 10.1. The third-order valence-electron chi connectivity index (χ3n) is 3.84. The first-order valence-corrected chi connectivity index (χ1v) is 8.40. The molecule has 1 rings (SSSR count). The van der Waals surface area contributed by atoms with Crippen LogP contribution in [0.3, 0.4) is 0 Å². The van der Waals surface area contributed by atoms with Gasteiger partial charge in [-0.15, -0.1) is 0 Å². The number of benzene rings is 1. The van der Waals surface area contributed by atoms with E-state index in [0.29, 0.717) is 0 Å². The molecular weight excluding hydrogens is 288 g/mol. The summed E-state index contributed by atoms with van der Waals surface area (Å²) in [5.74, 6) is 0.848. The summed E-state index contributed by atoms with van der Waals surface area (Å²) < 4.78 is 5.07. The molecule has 0 atom stereocenters. The number of nitrogens with zero attached hydrogens (tertiary/aromatic N) is 2. The van der Waals surface area contributed by atoms with Gasteiger partial charge in [0.1, 0.15) is 0 Å². The Hall–Kier alpha value is -1.59. The summed E-state index contributed by atoms with van der Waals surface area (Å²) in [5.41, 5.74) is 2.71. The van der Waals surface area contributed by atoms with Gasteiger partial charge < -0.3 is 20.3 Å². The van der Waals surface area contributed by atoms with E-state index in [1.54, 1.807) is 7.11 Å². The Morgan fingerprint density at radius 1 is 1.17 bits per heavy atom. The van der Waals surface area contributed by atoms with Crippen LogP contribution >= 0.6 is 0 Å². The topological polar surface area (TPSA) is 48.9 Å². The molecule has 0 aliphatic carbocycles. The molecule has 5 nitrogen and oxygen atoms in total. The zero-order valence-corrected chi connectivity index (χ0v) is 15.1. The number of nitrogens with one attached hydrogen (secondary N) is 2. The molecule has 2 N–H and O–H groups in total. The van der Waals surface area contributed by atoms with Crippen LogP contribution in [0.5, 0.6) is 0 Å². The minimum atomic E-state index is 0.799. The molecule has 0 saturated heterocycles. The highest BCUT2D eigenvalue weighted by Crippen LogP contribution is 2.08. The van der Waals surface area contributed by atoms with E-state index in [1.807, 2.05) is 7.05 Å². The van der Waals surface area contributed by atoms with E-state index in [4.69, 9.17) is 4.74 Å². The van der Waals surface area contributed by atoms with Gasteiger partial charge in [0, 0.05) is 46.9 Å². The molecule has 0 amide bonds. The number of hydrogen-bond acceptors (Lipinski definition) is 3. The molecule has 1 aromatic rings. The second-order valence-electron chi connectivity index (χ2n) is 5.62. The van der Waals surface area contributed by atoms with Crippen molar-refractivity contribution in [2.75, 3.05) is 47.4 Å². The summed E-state index contributed by atoms with van der Waals surface area (Å²) in [7, 11) is 5.68. The Morgan fingerprint density at radius 3 is 2.57 bits per heavy atom. The highest BCUT2D eigenvalue weighted by molar-refractivity contribution is 5.79. The average Bonchev–Trinajstić information content (AvgIpc) is 2.58. The van der Waals surface area contributed by atoms with E-state index >= 15 is 0 Å². The van der Waals surface area contributed by atoms with Crippen molar-refractivity contribution in [3.63, 3.8) is 0 Å². The van der Waals surface area contributed by atoms with Crippen molar-refractivity contribution in [1.82, 2.24) is 15.5 Å². The number of methoxy groups -OCH3 is 1. The lowest BCUT2D eigenvalue weighted by Crippen LogP contribution is -2.40. The van der Waals surface area contributed by atoms with Gasteiger partial charge in [-0.3, -0.25) is 4.99 Å². The number of likely N-dealkylation sites (N-methyl/N-ethyl adjacent to an activating group) is 1. The van der Waals surface area contributed by atoms with Crippen LogP contribution in [0.15, 0.2) is 29.3 Å². The van der Waals surface area contributed by atoms with Crippen molar-refractivity contribution in [3.8, 4) is 0 Å². The third-order valence-corrected chi connectivity index (χ3v) is 3.84. The zero-order chi connectivity index (χ0) is 16.9. The molecular formula is C18H32N4O. The van der Waals surface area contributed by atoms with Crippen LogP contribution < -0.4 is 10.6 Å². The molecule has 1 aromatic carbocycles. The molecule has 0 aromatic heterocycles. The standard InChI is InChI=1S/C18H32N4O/c1-5-16-9-6-7-10-17(16)15-21-18(19-2)20-11-13-22(3)12-8-14-23-4/h6-7,9-10H,5,8,11-15H2,1-4H3,(H2,19,20,21). The zero-order valence-electron chi connectivity index (χ0n) is 15.1. The second kappa shape index (κ2) is 11.9. The van der Waals surface area contributed by atoms with Gasteiger partial charge in [0.05, 0.1) is 0 Å². The lowest BCUT2D eigenvalue weighted by Gasteiger charge is -2.18. The van der Waals surface area contributed by atoms with Gasteiger partial charge in [-0.1, -0.05) is 31.2 Å². The minimum Gasteiger partial charge on any atom is -0.385 e. The van der Waals surface area contributed by atoms with E-state index in [9.17, 15) is 0 Å². The van der Waals surface area contributed by atoms with Gasteiger partial charge in [0.15, 0.2) is 5.96 Å².